The predicted octanol–water partition coefficient (Wildman–Crippen LogP) is 2.99. The number of nitrogens with one attached hydrogen (secondary N) is 2. The van der Waals surface area contributed by atoms with Gasteiger partial charge in [0, 0.05) is 0 Å². The summed E-state index contributed by atoms with van der Waals surface area (Å²) < 4.78 is 31.1. The maximum absolute atomic E-state index is 11.7. The molecular weight excluding hydrogens is 302 g/mol. The summed E-state index contributed by atoms with van der Waals surface area (Å²) in [5.74, 6) is 1.40. The lowest BCUT2D eigenvalue weighted by molar-refractivity contribution is 0.417. The van der Waals surface area contributed by atoms with Crippen molar-refractivity contribution in [1.82, 2.24) is 4.98 Å². The molecule has 2 N–H and O–H groups in total. The van der Waals surface area contributed by atoms with E-state index in [0.717, 1.165) is 5.69 Å². The molecule has 1 aromatic heterocycles. The number of para-hydroxylation sites is 2. The third-order valence-electron chi connectivity index (χ3n) is 2.88. The summed E-state index contributed by atoms with van der Waals surface area (Å²) in [5, 5.41) is 3.13. The van der Waals surface area contributed by atoms with Crippen LogP contribution in [0, 0.1) is 0 Å². The lowest BCUT2D eigenvalue weighted by atomic mass is 10.3. The Balaban J connectivity index is 2.09. The molecule has 0 spiro atoms. The second-order valence-electron chi connectivity index (χ2n) is 4.68. The van der Waals surface area contributed by atoms with Crippen LogP contribution in [0.5, 0.6) is 5.75 Å². The highest BCUT2D eigenvalue weighted by Gasteiger charge is 2.09. The predicted molar refractivity (Wildman–Crippen MR) is 88.2 cm³/mol. The topological polar surface area (TPSA) is 80.3 Å². The Morgan fingerprint density at radius 1 is 1.18 bits per heavy atom. The van der Waals surface area contributed by atoms with Crippen LogP contribution < -0.4 is 14.8 Å². The fraction of sp³-hybridized carbons (Fsp3) is 0.267. The highest BCUT2D eigenvalue weighted by Crippen LogP contribution is 2.26. The highest BCUT2D eigenvalue weighted by atomic mass is 32.2. The van der Waals surface area contributed by atoms with E-state index in [0.29, 0.717) is 23.7 Å². The molecule has 0 unspecified atom stereocenters. The molecule has 0 saturated heterocycles. The van der Waals surface area contributed by atoms with Crippen molar-refractivity contribution >= 4 is 27.2 Å². The van der Waals surface area contributed by atoms with E-state index in [-0.39, 0.29) is 5.75 Å². The first-order valence-corrected chi connectivity index (χ1v) is 8.56. The molecule has 0 amide bonds. The first-order chi connectivity index (χ1) is 10.5. The molecule has 0 radical (unpaired) electrons. The molecule has 7 heteroatoms. The standard InChI is InChI=1S/C15H19N3O3S/c1-3-10-22(19,20)18-12-8-9-15(16-11-12)17-13-6-4-5-7-14(13)21-2/h4-9,11,18H,3,10H2,1-2H3,(H,16,17). The van der Waals surface area contributed by atoms with E-state index in [4.69, 9.17) is 4.74 Å². The van der Waals surface area contributed by atoms with Crippen molar-refractivity contribution in [2.45, 2.75) is 13.3 Å². The third kappa shape index (κ3) is 4.36. The van der Waals surface area contributed by atoms with Gasteiger partial charge >= 0.3 is 0 Å². The van der Waals surface area contributed by atoms with Gasteiger partial charge in [-0.05, 0) is 30.7 Å². The van der Waals surface area contributed by atoms with Crippen LogP contribution in [0.3, 0.4) is 0 Å². The molecule has 0 aliphatic rings. The number of sulfonamides is 1. The number of hydrogen-bond acceptors (Lipinski definition) is 5. The molecule has 2 rings (SSSR count). The van der Waals surface area contributed by atoms with Gasteiger partial charge in [-0.2, -0.15) is 0 Å². The molecule has 22 heavy (non-hydrogen) atoms. The van der Waals surface area contributed by atoms with E-state index in [1.54, 1.807) is 19.2 Å². The molecule has 1 heterocycles. The first-order valence-electron chi connectivity index (χ1n) is 6.90. The molecule has 0 aliphatic carbocycles. The number of rotatable bonds is 7. The van der Waals surface area contributed by atoms with Gasteiger partial charge in [-0.1, -0.05) is 19.1 Å². The van der Waals surface area contributed by atoms with Crippen LogP contribution in [0.1, 0.15) is 13.3 Å². The van der Waals surface area contributed by atoms with Gasteiger partial charge in [0.05, 0.1) is 30.4 Å². The Hall–Kier alpha value is -2.28. The van der Waals surface area contributed by atoms with Crippen LogP contribution in [0.15, 0.2) is 42.6 Å². The summed E-state index contributed by atoms with van der Waals surface area (Å²) >= 11 is 0. The number of aromatic nitrogens is 1. The summed E-state index contributed by atoms with van der Waals surface area (Å²) in [4.78, 5) is 4.20. The quantitative estimate of drug-likeness (QED) is 0.819. The monoisotopic (exact) mass is 321 g/mol. The van der Waals surface area contributed by atoms with E-state index in [1.807, 2.05) is 31.2 Å². The average Bonchev–Trinajstić information content (AvgIpc) is 2.49. The van der Waals surface area contributed by atoms with Gasteiger partial charge in [-0.25, -0.2) is 13.4 Å². The zero-order valence-corrected chi connectivity index (χ0v) is 13.4. The summed E-state index contributed by atoms with van der Waals surface area (Å²) in [6, 6.07) is 10.9. The molecule has 0 bridgehead atoms. The van der Waals surface area contributed by atoms with Gasteiger partial charge in [0.1, 0.15) is 11.6 Å². The lowest BCUT2D eigenvalue weighted by Crippen LogP contribution is -2.16. The number of nitrogens with zero attached hydrogens (tertiary/aromatic N) is 1. The first kappa shape index (κ1) is 16.1. The normalized spacial score (nSPS) is 11.0. The maximum Gasteiger partial charge on any atom is 0.232 e. The van der Waals surface area contributed by atoms with E-state index in [1.165, 1.54) is 6.20 Å². The van der Waals surface area contributed by atoms with Crippen molar-refractivity contribution in [3.8, 4) is 5.75 Å². The fourth-order valence-corrected chi connectivity index (χ4v) is 3.03. The second kappa shape index (κ2) is 7.13. The van der Waals surface area contributed by atoms with E-state index >= 15 is 0 Å². The van der Waals surface area contributed by atoms with Crippen LogP contribution in [0.25, 0.3) is 0 Å². The molecule has 1 aromatic carbocycles. The minimum Gasteiger partial charge on any atom is -0.495 e. The van der Waals surface area contributed by atoms with Crippen LogP contribution in [-0.4, -0.2) is 26.3 Å². The van der Waals surface area contributed by atoms with Crippen molar-refractivity contribution in [3.05, 3.63) is 42.6 Å². The van der Waals surface area contributed by atoms with Crippen molar-refractivity contribution in [2.75, 3.05) is 22.9 Å². The number of hydrogen-bond donors (Lipinski definition) is 2. The number of benzene rings is 1. The Morgan fingerprint density at radius 2 is 1.95 bits per heavy atom. The van der Waals surface area contributed by atoms with Crippen LogP contribution in [0.2, 0.25) is 0 Å². The summed E-state index contributed by atoms with van der Waals surface area (Å²) in [6.45, 7) is 1.82. The number of pyridine rings is 1. The van der Waals surface area contributed by atoms with Gasteiger partial charge < -0.3 is 10.1 Å². The van der Waals surface area contributed by atoms with Gasteiger partial charge in [0.25, 0.3) is 0 Å². The minimum absolute atomic E-state index is 0.0915. The molecule has 0 aliphatic heterocycles. The molecule has 2 aromatic rings. The van der Waals surface area contributed by atoms with Gasteiger partial charge in [0.2, 0.25) is 10.0 Å². The second-order valence-corrected chi connectivity index (χ2v) is 6.52. The van der Waals surface area contributed by atoms with E-state index < -0.39 is 10.0 Å². The SMILES string of the molecule is CCCS(=O)(=O)Nc1ccc(Nc2ccccc2OC)nc1. The average molecular weight is 321 g/mol. The van der Waals surface area contributed by atoms with E-state index in [9.17, 15) is 8.42 Å². The smallest absolute Gasteiger partial charge is 0.232 e. The molecular formula is C15H19N3O3S. The maximum atomic E-state index is 11.7. The van der Waals surface area contributed by atoms with Crippen molar-refractivity contribution in [2.24, 2.45) is 0 Å². The Labute approximate surface area is 130 Å². The van der Waals surface area contributed by atoms with Crippen molar-refractivity contribution in [3.63, 3.8) is 0 Å². The van der Waals surface area contributed by atoms with Crippen LogP contribution >= 0.6 is 0 Å². The van der Waals surface area contributed by atoms with E-state index in [2.05, 4.69) is 15.0 Å². The zero-order chi connectivity index (χ0) is 16.0. The molecule has 0 fully saturated rings. The van der Waals surface area contributed by atoms with Gasteiger partial charge in [-0.15, -0.1) is 0 Å². The number of anilines is 3. The van der Waals surface area contributed by atoms with Crippen LogP contribution in [0.4, 0.5) is 17.2 Å². The lowest BCUT2D eigenvalue weighted by Gasteiger charge is -2.11. The minimum atomic E-state index is -3.30. The van der Waals surface area contributed by atoms with Gasteiger partial charge in [-0.3, -0.25) is 4.72 Å². The van der Waals surface area contributed by atoms with Crippen molar-refractivity contribution < 1.29 is 13.2 Å². The molecule has 0 atom stereocenters. The molecule has 6 nitrogen and oxygen atoms in total. The fourth-order valence-electron chi connectivity index (χ4n) is 1.91. The largest absolute Gasteiger partial charge is 0.495 e. The zero-order valence-electron chi connectivity index (χ0n) is 12.5. The molecule has 0 saturated carbocycles. The summed E-state index contributed by atoms with van der Waals surface area (Å²) in [7, 11) is -1.70. The summed E-state index contributed by atoms with van der Waals surface area (Å²) in [6.07, 6.45) is 2.04. The van der Waals surface area contributed by atoms with Crippen LogP contribution in [-0.2, 0) is 10.0 Å². The highest BCUT2D eigenvalue weighted by molar-refractivity contribution is 7.92. The Morgan fingerprint density at radius 3 is 2.59 bits per heavy atom. The third-order valence-corrected chi connectivity index (χ3v) is 4.37. The summed E-state index contributed by atoms with van der Waals surface area (Å²) in [5.41, 5.74) is 1.23. The Kier molecular flexibility index (Phi) is 5.21. The Bertz CT molecular complexity index is 715. The van der Waals surface area contributed by atoms with Crippen molar-refractivity contribution in [1.29, 1.82) is 0 Å². The molecule has 118 valence electrons. The number of ether oxygens (including phenoxy) is 1. The van der Waals surface area contributed by atoms with Gasteiger partial charge in [0.15, 0.2) is 0 Å². The number of methoxy groups -OCH3 is 1.